The number of nitrogens with zero attached hydrogens (tertiary/aromatic N) is 4. The number of nitrogens with one attached hydrogen (secondary N) is 2. The molecule has 180 valence electrons. The molecule has 0 atom stereocenters. The van der Waals surface area contributed by atoms with Crippen molar-refractivity contribution in [2.45, 2.75) is 32.1 Å². The minimum absolute atomic E-state index is 0.214. The van der Waals surface area contributed by atoms with Crippen molar-refractivity contribution < 1.29 is 4.79 Å². The molecule has 3 aromatic heterocycles. The van der Waals surface area contributed by atoms with Gasteiger partial charge in [0.25, 0.3) is 5.91 Å². The van der Waals surface area contributed by atoms with Crippen molar-refractivity contribution in [3.63, 3.8) is 0 Å². The Morgan fingerprint density at radius 3 is 2.75 bits per heavy atom. The highest BCUT2D eigenvalue weighted by Crippen LogP contribution is 2.28. The van der Waals surface area contributed by atoms with Crippen LogP contribution in [0.3, 0.4) is 0 Å². The van der Waals surface area contributed by atoms with Crippen molar-refractivity contribution in [2.24, 2.45) is 5.10 Å². The second-order valence-electron chi connectivity index (χ2n) is 9.10. The monoisotopic (exact) mass is 477 g/mol. The van der Waals surface area contributed by atoms with E-state index in [0.29, 0.717) is 34.3 Å². The normalized spacial score (nSPS) is 14.2. The van der Waals surface area contributed by atoms with Crippen LogP contribution in [0.4, 0.5) is 5.82 Å². The highest BCUT2D eigenvalue weighted by molar-refractivity contribution is 6.11. The van der Waals surface area contributed by atoms with Crippen LogP contribution >= 0.6 is 0 Å². The largest absolute Gasteiger partial charge is 0.383 e. The predicted molar refractivity (Wildman–Crippen MR) is 144 cm³/mol. The minimum atomic E-state index is -0.264. The molecular weight excluding hydrogens is 450 g/mol. The van der Waals surface area contributed by atoms with Crippen LogP contribution in [-0.4, -0.2) is 38.3 Å². The first-order valence-corrected chi connectivity index (χ1v) is 12.3. The zero-order valence-electron chi connectivity index (χ0n) is 19.9. The maximum atomic E-state index is 13.3. The van der Waals surface area contributed by atoms with Crippen molar-refractivity contribution >= 4 is 51.0 Å². The fourth-order valence-electron chi connectivity index (χ4n) is 4.87. The molecule has 8 heteroatoms. The number of amides is 1. The second kappa shape index (κ2) is 9.30. The van der Waals surface area contributed by atoms with Gasteiger partial charge in [-0.25, -0.2) is 9.97 Å². The van der Waals surface area contributed by atoms with Gasteiger partial charge in [-0.15, -0.1) is 0 Å². The number of nitrogen functional groups attached to an aromatic ring is 1. The molecule has 0 fully saturated rings. The number of aromatic amines is 1. The van der Waals surface area contributed by atoms with Gasteiger partial charge in [-0.2, -0.15) is 9.78 Å². The molecule has 0 saturated carbocycles. The summed E-state index contributed by atoms with van der Waals surface area (Å²) in [5.41, 5.74) is 12.5. The van der Waals surface area contributed by atoms with Gasteiger partial charge < -0.3 is 16.0 Å². The van der Waals surface area contributed by atoms with E-state index in [1.54, 1.807) is 6.21 Å². The van der Waals surface area contributed by atoms with Crippen LogP contribution in [0.15, 0.2) is 71.5 Å². The van der Waals surface area contributed by atoms with Gasteiger partial charge in [0.2, 0.25) is 0 Å². The lowest BCUT2D eigenvalue weighted by atomic mass is 9.97. The molecule has 0 radical (unpaired) electrons. The first-order valence-electron chi connectivity index (χ1n) is 12.3. The molecule has 0 unspecified atom stereocenters. The van der Waals surface area contributed by atoms with E-state index in [9.17, 15) is 4.79 Å². The molecule has 5 aromatic rings. The molecule has 1 aliphatic rings. The number of benzene rings is 2. The first kappa shape index (κ1) is 22.0. The molecule has 0 aliphatic heterocycles. The number of hydrogen-bond donors (Lipinski definition) is 3. The van der Waals surface area contributed by atoms with Crippen LogP contribution in [-0.2, 0) is 0 Å². The average Bonchev–Trinajstić information content (AvgIpc) is 3.44. The molecule has 1 aliphatic carbocycles. The van der Waals surface area contributed by atoms with Crippen molar-refractivity contribution in [1.29, 1.82) is 0 Å². The first-order chi connectivity index (χ1) is 17.7. The second-order valence-corrected chi connectivity index (χ2v) is 9.10. The minimum Gasteiger partial charge on any atom is -0.383 e. The number of carbonyl (C=O) groups excluding carboxylic acids is 1. The molecule has 0 saturated heterocycles. The lowest BCUT2D eigenvalue weighted by Crippen LogP contribution is -2.25. The van der Waals surface area contributed by atoms with Gasteiger partial charge >= 0.3 is 0 Å². The van der Waals surface area contributed by atoms with Crippen LogP contribution < -0.4 is 11.1 Å². The number of para-hydroxylation sites is 3. The summed E-state index contributed by atoms with van der Waals surface area (Å²) in [5, 5.41) is 8.73. The van der Waals surface area contributed by atoms with Crippen molar-refractivity contribution in [1.82, 2.24) is 24.9 Å². The van der Waals surface area contributed by atoms with Gasteiger partial charge in [-0.1, -0.05) is 42.0 Å². The summed E-state index contributed by atoms with van der Waals surface area (Å²) in [7, 11) is 0. The molecule has 6 rings (SSSR count). The molecule has 2 aromatic carbocycles. The lowest BCUT2D eigenvalue weighted by molar-refractivity contribution is 0.0956. The third kappa shape index (κ3) is 4.00. The fourth-order valence-corrected chi connectivity index (χ4v) is 4.87. The summed E-state index contributed by atoms with van der Waals surface area (Å²) >= 11 is 0. The summed E-state index contributed by atoms with van der Waals surface area (Å²) in [4.78, 5) is 26.1. The van der Waals surface area contributed by atoms with Gasteiger partial charge in [-0.05, 0) is 50.3 Å². The smallest absolute Gasteiger partial charge is 0.257 e. The molecule has 3 heterocycles. The molecular formula is C28H27N7O. The topological polar surface area (TPSA) is 114 Å². The molecule has 4 N–H and O–H groups in total. The highest BCUT2D eigenvalue weighted by Gasteiger charge is 2.24. The van der Waals surface area contributed by atoms with Crippen LogP contribution in [0.1, 0.15) is 48.0 Å². The van der Waals surface area contributed by atoms with E-state index in [2.05, 4.69) is 21.5 Å². The van der Waals surface area contributed by atoms with E-state index in [1.807, 2.05) is 54.7 Å². The van der Waals surface area contributed by atoms with Gasteiger partial charge in [0.05, 0.1) is 17.2 Å². The zero-order valence-corrected chi connectivity index (χ0v) is 19.9. The van der Waals surface area contributed by atoms with Gasteiger partial charge in [0.1, 0.15) is 16.9 Å². The third-order valence-corrected chi connectivity index (χ3v) is 6.75. The SMILES string of the molecule is Nc1c(C(=O)NCCC2=CCCCC2)c2nc3ccccc3nc2n1N=Cc1c[nH]c2ccccc12. The van der Waals surface area contributed by atoms with Gasteiger partial charge in [-0.3, -0.25) is 4.79 Å². The number of H-pyrrole nitrogens is 1. The maximum absolute atomic E-state index is 13.3. The van der Waals surface area contributed by atoms with E-state index in [0.717, 1.165) is 35.7 Å². The van der Waals surface area contributed by atoms with Crippen LogP contribution in [0.2, 0.25) is 0 Å². The number of aromatic nitrogens is 4. The maximum Gasteiger partial charge on any atom is 0.257 e. The number of anilines is 1. The van der Waals surface area contributed by atoms with Crippen molar-refractivity contribution in [3.8, 4) is 0 Å². The van der Waals surface area contributed by atoms with E-state index < -0.39 is 0 Å². The quantitative estimate of drug-likeness (QED) is 0.232. The molecule has 1 amide bonds. The number of hydrogen-bond acceptors (Lipinski definition) is 5. The third-order valence-electron chi connectivity index (χ3n) is 6.75. The van der Waals surface area contributed by atoms with E-state index in [4.69, 9.17) is 15.7 Å². The van der Waals surface area contributed by atoms with E-state index in [1.165, 1.54) is 23.1 Å². The molecule has 36 heavy (non-hydrogen) atoms. The van der Waals surface area contributed by atoms with Gasteiger partial charge in [0, 0.05) is 29.2 Å². The predicted octanol–water partition coefficient (Wildman–Crippen LogP) is 5.15. The summed E-state index contributed by atoms with van der Waals surface area (Å²) < 4.78 is 1.51. The average molecular weight is 478 g/mol. The van der Waals surface area contributed by atoms with Crippen LogP contribution in [0, 0.1) is 0 Å². The van der Waals surface area contributed by atoms with Crippen LogP contribution in [0.25, 0.3) is 33.1 Å². The van der Waals surface area contributed by atoms with Crippen LogP contribution in [0.5, 0.6) is 0 Å². The Bertz CT molecular complexity index is 1660. The molecule has 0 bridgehead atoms. The Labute approximate surface area is 207 Å². The number of allylic oxidation sites excluding steroid dienone is 1. The Balaban J connectivity index is 1.39. The number of nitrogens with two attached hydrogens (primary N) is 1. The molecule has 8 nitrogen and oxygen atoms in total. The number of rotatable bonds is 6. The van der Waals surface area contributed by atoms with Gasteiger partial charge in [0.15, 0.2) is 5.65 Å². The van der Waals surface area contributed by atoms with E-state index in [-0.39, 0.29) is 11.7 Å². The number of fused-ring (bicyclic) bond motifs is 3. The molecule has 0 spiro atoms. The van der Waals surface area contributed by atoms with Crippen molar-refractivity contribution in [3.05, 3.63) is 77.5 Å². The highest BCUT2D eigenvalue weighted by atomic mass is 16.1. The fraction of sp³-hybridized carbons (Fsp3) is 0.214. The Morgan fingerprint density at radius 1 is 1.11 bits per heavy atom. The Morgan fingerprint density at radius 2 is 1.92 bits per heavy atom. The lowest BCUT2D eigenvalue weighted by Gasteiger charge is -2.12. The van der Waals surface area contributed by atoms with E-state index >= 15 is 0 Å². The summed E-state index contributed by atoms with van der Waals surface area (Å²) in [6.07, 6.45) is 11.5. The standard InChI is InChI=1S/C28H27N7O/c29-26-24(28(36)30-15-14-18-8-2-1-3-9-18)25-27(34-23-13-7-6-12-22(23)33-25)35(26)32-17-19-16-31-21-11-5-4-10-20(19)21/h4-8,10-13,16-17,31H,1-3,9,14-15,29H2,(H,30,36). The summed E-state index contributed by atoms with van der Waals surface area (Å²) in [6.45, 7) is 0.552. The Hall–Kier alpha value is -4.46. The number of carbonyl (C=O) groups is 1. The summed E-state index contributed by atoms with van der Waals surface area (Å²) in [6, 6.07) is 15.6. The zero-order chi connectivity index (χ0) is 24.5. The summed E-state index contributed by atoms with van der Waals surface area (Å²) in [5.74, 6) is -0.0506. The Kier molecular flexibility index (Phi) is 5.69. The van der Waals surface area contributed by atoms with Crippen molar-refractivity contribution in [2.75, 3.05) is 12.3 Å².